The molecule has 1 aromatic carbocycles. The molecule has 0 aliphatic carbocycles. The van der Waals surface area contributed by atoms with Crippen LogP contribution in [-0.2, 0) is 13.0 Å². The first-order chi connectivity index (χ1) is 10.2. The van der Waals surface area contributed by atoms with Crippen molar-refractivity contribution in [1.82, 2.24) is 15.0 Å². The van der Waals surface area contributed by atoms with Crippen LogP contribution in [0.1, 0.15) is 30.7 Å². The van der Waals surface area contributed by atoms with Gasteiger partial charge in [0.2, 0.25) is 0 Å². The molecule has 2 aromatic rings. The first kappa shape index (κ1) is 15.3. The average molecular weight is 291 g/mol. The molecular formula is C15H21N3O3. The lowest BCUT2D eigenvalue weighted by molar-refractivity contribution is 0.166. The highest BCUT2D eigenvalue weighted by Crippen LogP contribution is 2.29. The number of methoxy groups -OCH3 is 2. The summed E-state index contributed by atoms with van der Waals surface area (Å²) in [6.45, 7) is 2.81. The van der Waals surface area contributed by atoms with Gasteiger partial charge in [-0.2, -0.15) is 0 Å². The number of hydrogen-bond donors (Lipinski definition) is 1. The molecule has 1 heterocycles. The minimum atomic E-state index is -0.648. The Morgan fingerprint density at radius 3 is 2.67 bits per heavy atom. The van der Waals surface area contributed by atoms with E-state index in [9.17, 15) is 5.11 Å². The van der Waals surface area contributed by atoms with Gasteiger partial charge in [-0.15, -0.1) is 5.10 Å². The van der Waals surface area contributed by atoms with Crippen LogP contribution in [0, 0.1) is 0 Å². The molecule has 0 spiro atoms. The Morgan fingerprint density at radius 2 is 2.00 bits per heavy atom. The Kier molecular flexibility index (Phi) is 5.16. The van der Waals surface area contributed by atoms with E-state index in [0.717, 1.165) is 24.2 Å². The van der Waals surface area contributed by atoms with E-state index in [1.54, 1.807) is 25.1 Å². The van der Waals surface area contributed by atoms with Crippen LogP contribution in [0.4, 0.5) is 0 Å². The number of aromatic nitrogens is 3. The van der Waals surface area contributed by atoms with Gasteiger partial charge < -0.3 is 14.6 Å². The summed E-state index contributed by atoms with van der Waals surface area (Å²) in [5.41, 5.74) is 1.69. The van der Waals surface area contributed by atoms with Crippen molar-refractivity contribution in [2.75, 3.05) is 14.2 Å². The Hall–Kier alpha value is -2.08. The van der Waals surface area contributed by atoms with Gasteiger partial charge in [-0.1, -0.05) is 18.2 Å². The summed E-state index contributed by atoms with van der Waals surface area (Å²) in [7, 11) is 3.19. The number of nitrogens with zero attached hydrogens (tertiary/aromatic N) is 3. The lowest BCUT2D eigenvalue weighted by Crippen LogP contribution is -2.11. The van der Waals surface area contributed by atoms with Crippen LogP contribution in [0.5, 0.6) is 11.5 Å². The summed E-state index contributed by atoms with van der Waals surface area (Å²) in [6, 6.07) is 5.62. The zero-order chi connectivity index (χ0) is 15.2. The van der Waals surface area contributed by atoms with E-state index in [0.29, 0.717) is 17.9 Å². The third-order valence-corrected chi connectivity index (χ3v) is 3.30. The van der Waals surface area contributed by atoms with E-state index in [2.05, 4.69) is 17.2 Å². The van der Waals surface area contributed by atoms with Crippen molar-refractivity contribution in [1.29, 1.82) is 0 Å². The Labute approximate surface area is 124 Å². The van der Waals surface area contributed by atoms with Gasteiger partial charge in [-0.25, -0.2) is 4.68 Å². The van der Waals surface area contributed by atoms with E-state index >= 15 is 0 Å². The Balaban J connectivity index is 2.15. The van der Waals surface area contributed by atoms with Crippen LogP contribution in [0.3, 0.4) is 0 Å². The van der Waals surface area contributed by atoms with Gasteiger partial charge in [0.25, 0.3) is 0 Å². The van der Waals surface area contributed by atoms with E-state index in [4.69, 9.17) is 9.47 Å². The lowest BCUT2D eigenvalue weighted by Gasteiger charge is -2.14. The molecule has 0 radical (unpaired) electrons. The maximum Gasteiger partial charge on any atom is 0.160 e. The smallest absolute Gasteiger partial charge is 0.160 e. The zero-order valence-corrected chi connectivity index (χ0v) is 12.6. The summed E-state index contributed by atoms with van der Waals surface area (Å²) in [4.78, 5) is 0. The van der Waals surface area contributed by atoms with Crippen molar-refractivity contribution in [2.45, 2.75) is 32.4 Å². The van der Waals surface area contributed by atoms with E-state index in [1.165, 1.54) is 0 Å². The third kappa shape index (κ3) is 3.52. The molecule has 0 saturated carbocycles. The highest BCUT2D eigenvalue weighted by Gasteiger charge is 2.15. The first-order valence-corrected chi connectivity index (χ1v) is 6.97. The highest BCUT2D eigenvalue weighted by atomic mass is 16.5. The van der Waals surface area contributed by atoms with Crippen molar-refractivity contribution in [3.05, 3.63) is 35.7 Å². The molecule has 6 heteroatoms. The number of aryl methyl sites for hydroxylation is 1. The fraction of sp³-hybridized carbons (Fsp3) is 0.467. The van der Waals surface area contributed by atoms with Crippen molar-refractivity contribution >= 4 is 0 Å². The second-order valence-corrected chi connectivity index (χ2v) is 4.79. The quantitative estimate of drug-likeness (QED) is 0.844. The summed E-state index contributed by atoms with van der Waals surface area (Å²) in [5.74, 6) is 1.33. The average Bonchev–Trinajstić information content (AvgIpc) is 2.96. The molecule has 0 bridgehead atoms. The number of hydrogen-bond acceptors (Lipinski definition) is 5. The van der Waals surface area contributed by atoms with Gasteiger partial charge in [-0.3, -0.25) is 0 Å². The molecule has 0 saturated heterocycles. The fourth-order valence-corrected chi connectivity index (χ4v) is 2.24. The minimum Gasteiger partial charge on any atom is -0.493 e. The second-order valence-electron chi connectivity index (χ2n) is 4.79. The topological polar surface area (TPSA) is 69.4 Å². The maximum atomic E-state index is 10.4. The number of benzene rings is 1. The zero-order valence-electron chi connectivity index (χ0n) is 12.6. The van der Waals surface area contributed by atoms with Crippen LogP contribution < -0.4 is 9.47 Å². The van der Waals surface area contributed by atoms with Gasteiger partial charge in [-0.05, 0) is 24.1 Å². The molecular weight excluding hydrogens is 270 g/mol. The van der Waals surface area contributed by atoms with Gasteiger partial charge >= 0.3 is 0 Å². The van der Waals surface area contributed by atoms with Crippen LogP contribution in [0.25, 0.3) is 0 Å². The molecule has 1 unspecified atom stereocenters. The number of aliphatic hydroxyl groups excluding tert-OH is 1. The van der Waals surface area contributed by atoms with Gasteiger partial charge in [0, 0.05) is 13.0 Å². The maximum absolute atomic E-state index is 10.4. The minimum absolute atomic E-state index is 0.470. The summed E-state index contributed by atoms with van der Waals surface area (Å²) >= 11 is 0. The van der Waals surface area contributed by atoms with E-state index in [1.807, 2.05) is 18.2 Å². The molecule has 0 amide bonds. The van der Waals surface area contributed by atoms with Crippen LogP contribution in [0.2, 0.25) is 0 Å². The van der Waals surface area contributed by atoms with E-state index in [-0.39, 0.29) is 0 Å². The SMILES string of the molecule is CCCn1nncc1C(O)Cc1ccc(OC)c(OC)c1. The predicted octanol–water partition coefficient (Wildman–Crippen LogP) is 1.98. The second kappa shape index (κ2) is 7.08. The third-order valence-electron chi connectivity index (χ3n) is 3.30. The van der Waals surface area contributed by atoms with Gasteiger partial charge in [0.05, 0.1) is 26.1 Å². The monoisotopic (exact) mass is 291 g/mol. The molecule has 1 aromatic heterocycles. The van der Waals surface area contributed by atoms with Gasteiger partial charge in [0.15, 0.2) is 11.5 Å². The highest BCUT2D eigenvalue weighted by molar-refractivity contribution is 5.43. The molecule has 6 nitrogen and oxygen atoms in total. The molecule has 0 fully saturated rings. The predicted molar refractivity (Wildman–Crippen MR) is 78.5 cm³/mol. The largest absolute Gasteiger partial charge is 0.493 e. The van der Waals surface area contributed by atoms with Crippen molar-refractivity contribution < 1.29 is 14.6 Å². The number of aliphatic hydroxyl groups is 1. The molecule has 114 valence electrons. The molecule has 0 aliphatic rings. The van der Waals surface area contributed by atoms with Crippen LogP contribution in [-0.4, -0.2) is 34.3 Å². The summed E-state index contributed by atoms with van der Waals surface area (Å²) < 4.78 is 12.2. The normalized spacial score (nSPS) is 12.2. The van der Waals surface area contributed by atoms with Crippen LogP contribution in [0.15, 0.2) is 24.4 Å². The summed E-state index contributed by atoms with van der Waals surface area (Å²) in [5, 5.41) is 18.3. The molecule has 2 rings (SSSR count). The van der Waals surface area contributed by atoms with Crippen molar-refractivity contribution in [2.24, 2.45) is 0 Å². The molecule has 1 N–H and O–H groups in total. The van der Waals surface area contributed by atoms with Crippen molar-refractivity contribution in [3.63, 3.8) is 0 Å². The lowest BCUT2D eigenvalue weighted by atomic mass is 10.1. The van der Waals surface area contributed by atoms with Crippen LogP contribution >= 0.6 is 0 Å². The number of ether oxygens (including phenoxy) is 2. The Morgan fingerprint density at radius 1 is 1.24 bits per heavy atom. The molecule has 1 atom stereocenters. The molecule has 21 heavy (non-hydrogen) atoms. The van der Waals surface area contributed by atoms with E-state index < -0.39 is 6.10 Å². The number of rotatable bonds is 7. The fourth-order valence-electron chi connectivity index (χ4n) is 2.24. The standard InChI is InChI=1S/C15H21N3O3/c1-4-7-18-12(10-16-17-18)13(19)8-11-5-6-14(20-2)15(9-11)21-3/h5-6,9-10,13,19H,4,7-8H2,1-3H3. The van der Waals surface area contributed by atoms with Crippen molar-refractivity contribution in [3.8, 4) is 11.5 Å². The first-order valence-electron chi connectivity index (χ1n) is 6.97. The summed E-state index contributed by atoms with van der Waals surface area (Å²) in [6.07, 6.45) is 2.38. The Bertz CT molecular complexity index is 583. The molecule has 0 aliphatic heterocycles. The van der Waals surface area contributed by atoms with Gasteiger partial charge in [0.1, 0.15) is 6.10 Å².